The molecule has 0 amide bonds. The van der Waals surface area contributed by atoms with E-state index < -0.39 is 5.41 Å². The van der Waals surface area contributed by atoms with Crippen molar-refractivity contribution < 1.29 is 0 Å². The van der Waals surface area contributed by atoms with Gasteiger partial charge in [-0.25, -0.2) is 0 Å². The molecule has 0 aliphatic heterocycles. The summed E-state index contributed by atoms with van der Waals surface area (Å²) < 4.78 is 0. The Bertz CT molecular complexity index is 3300. The number of para-hydroxylation sites is 1. The molecule has 0 fully saturated rings. The fourth-order valence-electron chi connectivity index (χ4n) is 10.8. The molecule has 2 aliphatic carbocycles. The van der Waals surface area contributed by atoms with Gasteiger partial charge < -0.3 is 4.90 Å². The third kappa shape index (κ3) is 5.70. The lowest BCUT2D eigenvalue weighted by Crippen LogP contribution is -2.26. The molecule has 63 heavy (non-hydrogen) atoms. The Balaban J connectivity index is 1.14. The molecule has 1 nitrogen and oxygen atoms in total. The van der Waals surface area contributed by atoms with E-state index in [1.54, 1.807) is 0 Å². The molecule has 10 aromatic carbocycles. The van der Waals surface area contributed by atoms with Crippen LogP contribution in [0, 0.1) is 6.92 Å². The van der Waals surface area contributed by atoms with Gasteiger partial charge in [-0.2, -0.15) is 0 Å². The molecule has 0 aromatic heterocycles. The quantitative estimate of drug-likeness (QED) is 0.155. The van der Waals surface area contributed by atoms with Crippen molar-refractivity contribution in [1.29, 1.82) is 0 Å². The molecule has 0 saturated heterocycles. The first-order chi connectivity index (χ1) is 31.2. The van der Waals surface area contributed by atoms with Gasteiger partial charge in [-0.3, -0.25) is 0 Å². The summed E-state index contributed by atoms with van der Waals surface area (Å²) >= 11 is 0. The first kappa shape index (κ1) is 36.8. The van der Waals surface area contributed by atoms with Crippen molar-refractivity contribution in [2.45, 2.75) is 12.3 Å². The van der Waals surface area contributed by atoms with Crippen LogP contribution >= 0.6 is 0 Å². The standard InChI is InChI=1S/C62H43N/c1-42-20-8-9-27-48(42)49-39-38-47(41-56(49)44-23-6-3-7-24-44)63(46-26-18-25-45(40-46)43-21-4-2-5-22-43)60-37-17-13-31-53(60)55-33-19-32-54-52-30-12-16-36-59(52)62(61(54)55)57-34-14-10-28-50(57)51-29-11-15-35-58(51)62/h2-41H,1H3. The Morgan fingerprint density at radius 1 is 0.286 bits per heavy atom. The molecule has 1 heteroatoms. The number of fused-ring (bicyclic) bond motifs is 10. The zero-order chi connectivity index (χ0) is 41.9. The number of rotatable bonds is 7. The zero-order valence-electron chi connectivity index (χ0n) is 35.0. The average molecular weight is 802 g/mol. The summed E-state index contributed by atoms with van der Waals surface area (Å²) in [4.78, 5) is 2.49. The maximum absolute atomic E-state index is 2.49. The molecule has 0 heterocycles. The average Bonchev–Trinajstić information content (AvgIpc) is 3.83. The first-order valence-electron chi connectivity index (χ1n) is 21.9. The maximum Gasteiger partial charge on any atom is 0.0731 e. The predicted molar refractivity (Wildman–Crippen MR) is 264 cm³/mol. The van der Waals surface area contributed by atoms with Crippen molar-refractivity contribution in [1.82, 2.24) is 0 Å². The first-order valence-corrected chi connectivity index (χ1v) is 21.9. The molecule has 12 rings (SSSR count). The Morgan fingerprint density at radius 3 is 1.40 bits per heavy atom. The van der Waals surface area contributed by atoms with Crippen LogP contribution in [-0.4, -0.2) is 0 Å². The van der Waals surface area contributed by atoms with Crippen LogP contribution in [0.5, 0.6) is 0 Å². The molecule has 0 N–H and O–H groups in total. The van der Waals surface area contributed by atoms with Crippen LogP contribution in [0.3, 0.4) is 0 Å². The summed E-state index contributed by atoms with van der Waals surface area (Å²) in [6.07, 6.45) is 0. The highest BCUT2D eigenvalue weighted by molar-refractivity contribution is 6.01. The second kappa shape index (κ2) is 14.9. The number of benzene rings is 10. The van der Waals surface area contributed by atoms with Gasteiger partial charge in [0.05, 0.1) is 11.1 Å². The summed E-state index contributed by atoms with van der Waals surface area (Å²) in [5.74, 6) is 0. The van der Waals surface area contributed by atoms with E-state index in [1.807, 2.05) is 0 Å². The Labute approximate surface area is 369 Å². The fraction of sp³-hybridized carbons (Fsp3) is 0.0323. The molecule has 0 radical (unpaired) electrons. The second-order valence-corrected chi connectivity index (χ2v) is 16.8. The number of aryl methyl sites for hydroxylation is 1. The topological polar surface area (TPSA) is 3.24 Å². The van der Waals surface area contributed by atoms with Gasteiger partial charge in [0, 0.05) is 16.9 Å². The molecular weight excluding hydrogens is 759 g/mol. The van der Waals surface area contributed by atoms with Crippen molar-refractivity contribution in [3.05, 3.63) is 270 Å². The molecule has 10 aromatic rings. The summed E-state index contributed by atoms with van der Waals surface area (Å²) in [5, 5.41) is 0. The lowest BCUT2D eigenvalue weighted by molar-refractivity contribution is 0.796. The molecule has 0 bridgehead atoms. The molecule has 2 aliphatic rings. The molecule has 0 unspecified atom stereocenters. The van der Waals surface area contributed by atoms with E-state index in [-0.39, 0.29) is 0 Å². The molecule has 1 spiro atoms. The smallest absolute Gasteiger partial charge is 0.0731 e. The van der Waals surface area contributed by atoms with Gasteiger partial charge in [0.15, 0.2) is 0 Å². The minimum atomic E-state index is -0.490. The summed E-state index contributed by atoms with van der Waals surface area (Å²) in [6.45, 7) is 2.21. The summed E-state index contributed by atoms with van der Waals surface area (Å²) in [7, 11) is 0. The Kier molecular flexibility index (Phi) is 8.69. The fourth-order valence-corrected chi connectivity index (χ4v) is 10.8. The number of nitrogens with zero attached hydrogens (tertiary/aromatic N) is 1. The summed E-state index contributed by atoms with van der Waals surface area (Å²) in [5.41, 5.74) is 24.2. The van der Waals surface area contributed by atoms with E-state index in [2.05, 4.69) is 254 Å². The van der Waals surface area contributed by atoms with Crippen molar-refractivity contribution in [2.75, 3.05) is 4.90 Å². The SMILES string of the molecule is Cc1ccccc1-c1ccc(N(c2cccc(-c3ccccc3)c2)c2ccccc2-c2cccc3c2C2(c4ccccc4-c4ccccc42)c2ccccc2-3)cc1-c1ccccc1. The van der Waals surface area contributed by atoms with Gasteiger partial charge in [-0.05, 0) is 126 Å². The highest BCUT2D eigenvalue weighted by Crippen LogP contribution is 2.65. The molecule has 0 atom stereocenters. The van der Waals surface area contributed by atoms with E-state index in [4.69, 9.17) is 0 Å². The normalized spacial score (nSPS) is 12.7. The Morgan fingerprint density at radius 2 is 0.746 bits per heavy atom. The summed E-state index contributed by atoms with van der Waals surface area (Å²) in [6, 6.07) is 89.7. The van der Waals surface area contributed by atoms with Gasteiger partial charge in [-0.1, -0.05) is 212 Å². The van der Waals surface area contributed by atoms with Crippen LogP contribution < -0.4 is 4.90 Å². The van der Waals surface area contributed by atoms with E-state index in [9.17, 15) is 0 Å². The van der Waals surface area contributed by atoms with Crippen LogP contribution in [0.1, 0.15) is 27.8 Å². The van der Waals surface area contributed by atoms with Crippen molar-refractivity contribution in [3.8, 4) is 66.8 Å². The number of anilines is 3. The van der Waals surface area contributed by atoms with Crippen LogP contribution in [0.2, 0.25) is 0 Å². The van der Waals surface area contributed by atoms with Crippen LogP contribution in [-0.2, 0) is 5.41 Å². The van der Waals surface area contributed by atoms with Gasteiger partial charge >= 0.3 is 0 Å². The van der Waals surface area contributed by atoms with Gasteiger partial charge in [0.25, 0.3) is 0 Å². The van der Waals surface area contributed by atoms with Crippen LogP contribution in [0.15, 0.2) is 243 Å². The van der Waals surface area contributed by atoms with Gasteiger partial charge in [0.1, 0.15) is 0 Å². The van der Waals surface area contributed by atoms with Gasteiger partial charge in [0.2, 0.25) is 0 Å². The highest BCUT2D eigenvalue weighted by Gasteiger charge is 2.52. The monoisotopic (exact) mass is 801 g/mol. The van der Waals surface area contributed by atoms with E-state index in [1.165, 1.54) is 94.6 Å². The van der Waals surface area contributed by atoms with Gasteiger partial charge in [-0.15, -0.1) is 0 Å². The largest absolute Gasteiger partial charge is 0.310 e. The van der Waals surface area contributed by atoms with E-state index >= 15 is 0 Å². The van der Waals surface area contributed by atoms with E-state index in [0.29, 0.717) is 0 Å². The van der Waals surface area contributed by atoms with Crippen molar-refractivity contribution in [2.24, 2.45) is 0 Å². The Hall–Kier alpha value is -8.00. The predicted octanol–water partition coefficient (Wildman–Crippen LogP) is 16.5. The lowest BCUT2D eigenvalue weighted by atomic mass is 9.68. The molecular formula is C62H43N. The van der Waals surface area contributed by atoms with E-state index in [0.717, 1.165) is 17.1 Å². The third-order valence-corrected chi connectivity index (χ3v) is 13.4. The van der Waals surface area contributed by atoms with Crippen molar-refractivity contribution >= 4 is 17.1 Å². The maximum atomic E-state index is 2.49. The van der Waals surface area contributed by atoms with Crippen molar-refractivity contribution in [3.63, 3.8) is 0 Å². The zero-order valence-corrected chi connectivity index (χ0v) is 35.0. The number of hydrogen-bond donors (Lipinski definition) is 0. The molecule has 296 valence electrons. The third-order valence-electron chi connectivity index (χ3n) is 13.4. The second-order valence-electron chi connectivity index (χ2n) is 16.8. The highest BCUT2D eigenvalue weighted by atomic mass is 15.1. The lowest BCUT2D eigenvalue weighted by Gasteiger charge is -2.34. The van der Waals surface area contributed by atoms with Crippen LogP contribution in [0.25, 0.3) is 66.8 Å². The van der Waals surface area contributed by atoms with Crippen LogP contribution in [0.4, 0.5) is 17.1 Å². The minimum Gasteiger partial charge on any atom is -0.310 e. The minimum absolute atomic E-state index is 0.490. The molecule has 0 saturated carbocycles. The number of hydrogen-bond acceptors (Lipinski definition) is 1.